The van der Waals surface area contributed by atoms with Crippen LogP contribution in [0.4, 0.5) is 16.3 Å². The molecule has 4 rings (SSSR count). The van der Waals surface area contributed by atoms with Gasteiger partial charge in [-0.25, -0.2) is 9.78 Å². The van der Waals surface area contributed by atoms with Gasteiger partial charge in [0.15, 0.2) is 5.82 Å². The number of piperidine rings is 1. The summed E-state index contributed by atoms with van der Waals surface area (Å²) in [5.74, 6) is 1.15. The van der Waals surface area contributed by atoms with Crippen LogP contribution >= 0.6 is 0 Å². The third-order valence-electron chi connectivity index (χ3n) is 5.94. The number of hydrogen-bond acceptors (Lipinski definition) is 5. The maximum atomic E-state index is 12.6. The van der Waals surface area contributed by atoms with Gasteiger partial charge in [0.05, 0.1) is 23.8 Å². The van der Waals surface area contributed by atoms with Crippen LogP contribution in [0.3, 0.4) is 0 Å². The summed E-state index contributed by atoms with van der Waals surface area (Å²) in [5.41, 5.74) is 4.13. The molecule has 2 aliphatic rings. The van der Waals surface area contributed by atoms with Gasteiger partial charge in [-0.05, 0) is 82.2 Å². The Bertz CT molecular complexity index is 878. The van der Waals surface area contributed by atoms with Gasteiger partial charge in [-0.15, -0.1) is 0 Å². The molecule has 1 aromatic heterocycles. The molecule has 0 bridgehead atoms. The van der Waals surface area contributed by atoms with Crippen LogP contribution in [0.15, 0.2) is 24.5 Å². The van der Waals surface area contributed by atoms with Gasteiger partial charge in [0, 0.05) is 6.04 Å². The number of carbonyl (C=O) groups excluding carboxylic acids is 1. The number of nitrogens with zero attached hydrogens (tertiary/aromatic N) is 2. The topological polar surface area (TPSA) is 88.2 Å². The highest BCUT2D eigenvalue weighted by molar-refractivity contribution is 6.00. The van der Waals surface area contributed by atoms with Gasteiger partial charge in [-0.2, -0.15) is 0 Å². The summed E-state index contributed by atoms with van der Waals surface area (Å²) >= 11 is 0. The molecule has 2 unspecified atom stereocenters. The van der Waals surface area contributed by atoms with Crippen LogP contribution in [-0.4, -0.2) is 34.7 Å². The van der Waals surface area contributed by atoms with Crippen LogP contribution in [0.25, 0.3) is 0 Å². The van der Waals surface area contributed by atoms with E-state index in [1.54, 1.807) is 12.4 Å². The smallest absolute Gasteiger partial charge is 0.324 e. The number of aryl methyl sites for hydroxylation is 3. The van der Waals surface area contributed by atoms with Gasteiger partial charge in [-0.1, -0.05) is 6.42 Å². The summed E-state index contributed by atoms with van der Waals surface area (Å²) in [7, 11) is 0. The Balaban J connectivity index is 1.52. The number of rotatable bonds is 5. The molecule has 7 heteroatoms. The van der Waals surface area contributed by atoms with Gasteiger partial charge in [0.25, 0.3) is 0 Å². The Morgan fingerprint density at radius 3 is 2.60 bits per heavy atom. The molecule has 1 aliphatic carbocycles. The van der Waals surface area contributed by atoms with Gasteiger partial charge in [-0.3, -0.25) is 10.3 Å². The zero-order valence-corrected chi connectivity index (χ0v) is 17.8. The van der Waals surface area contributed by atoms with Crippen LogP contribution in [0, 0.1) is 6.92 Å². The second kappa shape index (κ2) is 9.43. The molecule has 2 heterocycles. The maximum absolute atomic E-state index is 12.6. The molecule has 1 aromatic carbocycles. The highest BCUT2D eigenvalue weighted by Gasteiger charge is 2.23. The number of aromatic nitrogens is 2. The van der Waals surface area contributed by atoms with Crippen molar-refractivity contribution in [1.29, 1.82) is 0 Å². The molecule has 2 atom stereocenters. The number of benzene rings is 1. The van der Waals surface area contributed by atoms with Crippen molar-refractivity contribution in [2.45, 2.75) is 70.9 Å². The molecular weight excluding hydrogens is 378 g/mol. The van der Waals surface area contributed by atoms with Gasteiger partial charge in [0.2, 0.25) is 0 Å². The predicted molar refractivity (Wildman–Crippen MR) is 118 cm³/mol. The number of nitrogens with one attached hydrogen (secondary N) is 3. The van der Waals surface area contributed by atoms with Crippen LogP contribution in [0.1, 0.15) is 55.8 Å². The van der Waals surface area contributed by atoms with Crippen molar-refractivity contribution in [3.63, 3.8) is 0 Å². The molecule has 1 saturated heterocycles. The van der Waals surface area contributed by atoms with Crippen molar-refractivity contribution in [1.82, 2.24) is 15.3 Å². The van der Waals surface area contributed by atoms with Crippen molar-refractivity contribution in [2.75, 3.05) is 17.2 Å². The quantitative estimate of drug-likeness (QED) is 0.688. The lowest BCUT2D eigenvalue weighted by Gasteiger charge is -2.30. The zero-order chi connectivity index (χ0) is 20.9. The minimum absolute atomic E-state index is 0.0264. The standard InChI is InChI=1S/C23H31N5O2/c1-15-13-26-22(14-25-15)28-23(29)27-20-11-17-7-3-4-8-18(17)12-21(20)30-16(2)19-9-5-6-10-24-19/h11-14,16,19,24H,3-10H2,1-2H3,(H2,26,27,28,29). The lowest BCUT2D eigenvalue weighted by Crippen LogP contribution is -2.44. The van der Waals surface area contributed by atoms with Gasteiger partial charge in [0.1, 0.15) is 11.9 Å². The van der Waals surface area contributed by atoms with E-state index in [9.17, 15) is 4.79 Å². The molecule has 2 aromatic rings. The van der Waals surface area contributed by atoms with E-state index in [-0.39, 0.29) is 12.1 Å². The number of urea groups is 1. The molecule has 0 radical (unpaired) electrons. The van der Waals surface area contributed by atoms with E-state index in [0.717, 1.165) is 37.3 Å². The molecule has 0 spiro atoms. The number of ether oxygens (including phenoxy) is 1. The molecule has 30 heavy (non-hydrogen) atoms. The van der Waals surface area contributed by atoms with Crippen molar-refractivity contribution in [3.8, 4) is 5.75 Å². The molecule has 160 valence electrons. The summed E-state index contributed by atoms with van der Waals surface area (Å²) in [6.45, 7) is 5.00. The molecule has 3 N–H and O–H groups in total. The first-order valence-corrected chi connectivity index (χ1v) is 11.0. The molecular formula is C23H31N5O2. The van der Waals surface area contributed by atoms with E-state index >= 15 is 0 Å². The number of amides is 2. The summed E-state index contributed by atoms with van der Waals surface area (Å²) in [6.07, 6.45) is 11.2. The predicted octanol–water partition coefficient (Wildman–Crippen LogP) is 4.22. The third-order valence-corrected chi connectivity index (χ3v) is 5.94. The van der Waals surface area contributed by atoms with Crippen molar-refractivity contribution >= 4 is 17.5 Å². The third kappa shape index (κ3) is 5.08. The van der Waals surface area contributed by atoms with Crippen molar-refractivity contribution < 1.29 is 9.53 Å². The summed E-state index contributed by atoms with van der Waals surface area (Å²) in [4.78, 5) is 21.0. The Kier molecular flexibility index (Phi) is 6.47. The first-order chi connectivity index (χ1) is 14.6. The fraction of sp³-hybridized carbons (Fsp3) is 0.522. The molecule has 7 nitrogen and oxygen atoms in total. The second-order valence-electron chi connectivity index (χ2n) is 8.33. The van der Waals surface area contributed by atoms with E-state index in [1.165, 1.54) is 36.8 Å². The highest BCUT2D eigenvalue weighted by Crippen LogP contribution is 2.34. The van der Waals surface area contributed by atoms with E-state index in [4.69, 9.17) is 4.74 Å². The van der Waals surface area contributed by atoms with Crippen molar-refractivity contribution in [3.05, 3.63) is 41.3 Å². The number of carbonyl (C=O) groups is 1. The second-order valence-corrected chi connectivity index (χ2v) is 8.33. The first kappa shape index (κ1) is 20.6. The summed E-state index contributed by atoms with van der Waals surface area (Å²) in [5, 5.41) is 9.28. The molecule has 0 saturated carbocycles. The fourth-order valence-electron chi connectivity index (χ4n) is 4.25. The van der Waals surface area contributed by atoms with Crippen LogP contribution < -0.4 is 20.7 Å². The average Bonchev–Trinajstić information content (AvgIpc) is 2.76. The zero-order valence-electron chi connectivity index (χ0n) is 17.8. The van der Waals surface area contributed by atoms with E-state index in [2.05, 4.69) is 45.0 Å². The fourth-order valence-corrected chi connectivity index (χ4v) is 4.25. The normalized spacial score (nSPS) is 19.5. The average molecular weight is 410 g/mol. The minimum atomic E-state index is -0.350. The van der Waals surface area contributed by atoms with Gasteiger partial charge < -0.3 is 15.4 Å². The van der Waals surface area contributed by atoms with Gasteiger partial charge >= 0.3 is 6.03 Å². The maximum Gasteiger partial charge on any atom is 0.324 e. The SMILES string of the molecule is Cc1cnc(NC(=O)Nc2cc3c(cc2OC(C)C2CCCCN2)CCCC3)cn1. The Labute approximate surface area is 178 Å². The lowest BCUT2D eigenvalue weighted by atomic mass is 9.91. The molecule has 1 aliphatic heterocycles. The monoisotopic (exact) mass is 409 g/mol. The van der Waals surface area contributed by atoms with Crippen LogP contribution in [0.2, 0.25) is 0 Å². The highest BCUT2D eigenvalue weighted by atomic mass is 16.5. The largest absolute Gasteiger partial charge is 0.487 e. The lowest BCUT2D eigenvalue weighted by molar-refractivity contribution is 0.153. The van der Waals surface area contributed by atoms with Crippen LogP contribution in [0.5, 0.6) is 5.75 Å². The van der Waals surface area contributed by atoms with E-state index in [0.29, 0.717) is 17.5 Å². The number of anilines is 2. The molecule has 2 amide bonds. The summed E-state index contributed by atoms with van der Waals surface area (Å²) in [6, 6.07) is 4.18. The van der Waals surface area contributed by atoms with Crippen molar-refractivity contribution in [2.24, 2.45) is 0 Å². The Hall–Kier alpha value is -2.67. The molecule has 1 fully saturated rings. The first-order valence-electron chi connectivity index (χ1n) is 11.0. The van der Waals surface area contributed by atoms with Crippen LogP contribution in [-0.2, 0) is 12.8 Å². The summed E-state index contributed by atoms with van der Waals surface area (Å²) < 4.78 is 6.38. The minimum Gasteiger partial charge on any atom is -0.487 e. The Morgan fingerprint density at radius 1 is 1.10 bits per heavy atom. The van der Waals surface area contributed by atoms with E-state index < -0.39 is 0 Å². The number of hydrogen-bond donors (Lipinski definition) is 3. The number of fused-ring (bicyclic) bond motifs is 1. The Morgan fingerprint density at radius 2 is 1.90 bits per heavy atom. The van der Waals surface area contributed by atoms with E-state index in [1.807, 2.05) is 6.92 Å².